The van der Waals surface area contributed by atoms with Crippen molar-refractivity contribution in [2.45, 2.75) is 64.1 Å². The van der Waals surface area contributed by atoms with Crippen molar-refractivity contribution < 1.29 is 19.1 Å². The molecule has 5 nitrogen and oxygen atoms in total. The van der Waals surface area contributed by atoms with E-state index >= 15 is 0 Å². The third-order valence-corrected chi connectivity index (χ3v) is 7.74. The summed E-state index contributed by atoms with van der Waals surface area (Å²) in [6, 6.07) is 19.1. The van der Waals surface area contributed by atoms with Crippen molar-refractivity contribution in [3.05, 3.63) is 71.8 Å². The van der Waals surface area contributed by atoms with E-state index < -0.39 is 11.6 Å². The van der Waals surface area contributed by atoms with Gasteiger partial charge in [-0.05, 0) is 62.2 Å². The summed E-state index contributed by atoms with van der Waals surface area (Å²) in [5, 5.41) is 0. The standard InChI is InChI=1S/C29H37NO4/c1-24(31)29(22-25-10-4-2-5-11-25,34-23-26-12-6-3-7-13-26)27(32)33-21-20-30-18-16-28(17-19-30)14-8-9-15-28/h2-7,10-13H,8-9,14-23H2,1H3. The van der Waals surface area contributed by atoms with E-state index in [0.29, 0.717) is 12.0 Å². The molecule has 5 heteroatoms. The van der Waals surface area contributed by atoms with Crippen LogP contribution in [0.15, 0.2) is 60.7 Å². The first-order valence-corrected chi connectivity index (χ1v) is 12.6. The molecular weight excluding hydrogens is 426 g/mol. The Balaban J connectivity index is 1.39. The van der Waals surface area contributed by atoms with Gasteiger partial charge in [-0.1, -0.05) is 73.5 Å². The summed E-state index contributed by atoms with van der Waals surface area (Å²) in [5.41, 5.74) is 0.675. The van der Waals surface area contributed by atoms with Crippen molar-refractivity contribution >= 4 is 11.8 Å². The molecule has 1 saturated heterocycles. The molecule has 0 radical (unpaired) electrons. The van der Waals surface area contributed by atoms with Crippen molar-refractivity contribution in [2.24, 2.45) is 5.41 Å². The highest BCUT2D eigenvalue weighted by Crippen LogP contribution is 2.46. The Hall–Kier alpha value is -2.50. The lowest BCUT2D eigenvalue weighted by Gasteiger charge is -2.39. The number of hydrogen-bond donors (Lipinski definition) is 0. The number of benzene rings is 2. The molecular formula is C29H37NO4. The second kappa shape index (κ2) is 11.3. The number of carbonyl (C=O) groups excluding carboxylic acids is 2. The van der Waals surface area contributed by atoms with Gasteiger partial charge in [-0.3, -0.25) is 9.69 Å². The maximum absolute atomic E-state index is 13.4. The van der Waals surface area contributed by atoms with E-state index in [1.807, 2.05) is 60.7 Å². The lowest BCUT2D eigenvalue weighted by Crippen LogP contribution is -2.51. The Kier molecular flexibility index (Phi) is 8.17. The minimum absolute atomic E-state index is 0.154. The molecule has 1 spiro atoms. The van der Waals surface area contributed by atoms with E-state index in [9.17, 15) is 9.59 Å². The van der Waals surface area contributed by atoms with Gasteiger partial charge in [0.05, 0.1) is 6.61 Å². The zero-order chi connectivity index (χ0) is 23.9. The molecule has 1 unspecified atom stereocenters. The van der Waals surface area contributed by atoms with Gasteiger partial charge in [-0.2, -0.15) is 0 Å². The molecule has 2 aromatic rings. The monoisotopic (exact) mass is 463 g/mol. The zero-order valence-electron chi connectivity index (χ0n) is 20.3. The number of hydrogen-bond acceptors (Lipinski definition) is 5. The fourth-order valence-corrected chi connectivity index (χ4v) is 5.48. The Labute approximate surface area is 203 Å². The van der Waals surface area contributed by atoms with Crippen LogP contribution in [0.4, 0.5) is 0 Å². The highest BCUT2D eigenvalue weighted by molar-refractivity contribution is 6.06. The fourth-order valence-electron chi connectivity index (χ4n) is 5.48. The molecule has 2 fully saturated rings. The first kappa shape index (κ1) is 24.6. The summed E-state index contributed by atoms with van der Waals surface area (Å²) in [5.74, 6) is -0.928. The van der Waals surface area contributed by atoms with Crippen LogP contribution in [0.3, 0.4) is 0 Å². The van der Waals surface area contributed by atoms with Gasteiger partial charge >= 0.3 is 5.97 Å². The van der Waals surface area contributed by atoms with Gasteiger partial charge in [-0.25, -0.2) is 4.79 Å². The predicted octanol–water partition coefficient (Wildman–Crippen LogP) is 4.97. The van der Waals surface area contributed by atoms with Crippen LogP contribution in [0.5, 0.6) is 0 Å². The molecule has 4 rings (SSSR count). The van der Waals surface area contributed by atoms with Crippen molar-refractivity contribution in [3.8, 4) is 0 Å². The smallest absolute Gasteiger partial charge is 0.346 e. The van der Waals surface area contributed by atoms with Gasteiger partial charge < -0.3 is 9.47 Å². The summed E-state index contributed by atoms with van der Waals surface area (Å²) >= 11 is 0. The molecule has 34 heavy (non-hydrogen) atoms. The van der Waals surface area contributed by atoms with E-state index in [1.54, 1.807) is 0 Å². The zero-order valence-corrected chi connectivity index (χ0v) is 20.3. The van der Waals surface area contributed by atoms with Crippen molar-refractivity contribution in [1.82, 2.24) is 4.90 Å². The third kappa shape index (κ3) is 5.94. The lowest BCUT2D eigenvalue weighted by atomic mass is 9.77. The molecule has 182 valence electrons. The van der Waals surface area contributed by atoms with Gasteiger partial charge in [0.2, 0.25) is 5.60 Å². The Bertz CT molecular complexity index is 929. The third-order valence-electron chi connectivity index (χ3n) is 7.74. The highest BCUT2D eigenvalue weighted by atomic mass is 16.6. The van der Waals surface area contributed by atoms with Crippen molar-refractivity contribution in [2.75, 3.05) is 26.2 Å². The predicted molar refractivity (Wildman–Crippen MR) is 132 cm³/mol. The Morgan fingerprint density at radius 1 is 0.882 bits per heavy atom. The molecule has 1 aliphatic carbocycles. The molecule has 0 bridgehead atoms. The second-order valence-corrected chi connectivity index (χ2v) is 10.0. The van der Waals surface area contributed by atoms with Gasteiger partial charge in [0.15, 0.2) is 5.78 Å². The largest absolute Gasteiger partial charge is 0.462 e. The number of ketones is 1. The minimum atomic E-state index is -1.66. The maximum Gasteiger partial charge on any atom is 0.346 e. The normalized spacial score (nSPS) is 19.6. The lowest BCUT2D eigenvalue weighted by molar-refractivity contribution is -0.179. The number of esters is 1. The van der Waals surface area contributed by atoms with Gasteiger partial charge in [-0.15, -0.1) is 0 Å². The number of nitrogens with zero attached hydrogens (tertiary/aromatic N) is 1. The van der Waals surface area contributed by atoms with E-state index in [2.05, 4.69) is 4.90 Å². The van der Waals surface area contributed by atoms with E-state index in [-0.39, 0.29) is 25.4 Å². The van der Waals surface area contributed by atoms with Gasteiger partial charge in [0, 0.05) is 13.0 Å². The molecule has 1 saturated carbocycles. The van der Waals surface area contributed by atoms with Crippen LogP contribution in [0.2, 0.25) is 0 Å². The van der Waals surface area contributed by atoms with Crippen molar-refractivity contribution in [3.63, 3.8) is 0 Å². The molecule has 0 aromatic heterocycles. The highest BCUT2D eigenvalue weighted by Gasteiger charge is 2.46. The summed E-state index contributed by atoms with van der Waals surface area (Å²) < 4.78 is 11.8. The molecule has 1 heterocycles. The topological polar surface area (TPSA) is 55.8 Å². The van der Waals surface area contributed by atoms with Gasteiger partial charge in [0.1, 0.15) is 6.61 Å². The number of Topliss-reactive ketones (excluding diaryl/α,β-unsaturated/α-hetero) is 1. The maximum atomic E-state index is 13.4. The summed E-state index contributed by atoms with van der Waals surface area (Å²) in [7, 11) is 0. The average Bonchev–Trinajstić information content (AvgIpc) is 3.32. The Morgan fingerprint density at radius 3 is 2.06 bits per heavy atom. The van der Waals surface area contributed by atoms with E-state index in [0.717, 1.165) is 24.2 Å². The van der Waals surface area contributed by atoms with E-state index in [1.165, 1.54) is 45.4 Å². The summed E-state index contributed by atoms with van der Waals surface area (Å²) in [6.45, 7) is 4.66. The molecule has 2 aliphatic rings. The molecule has 1 aliphatic heterocycles. The van der Waals surface area contributed by atoms with Crippen LogP contribution in [-0.2, 0) is 32.1 Å². The number of ether oxygens (including phenoxy) is 2. The quantitative estimate of drug-likeness (QED) is 0.368. The number of piperidine rings is 1. The second-order valence-electron chi connectivity index (χ2n) is 10.0. The van der Waals surface area contributed by atoms with E-state index in [4.69, 9.17) is 9.47 Å². The first-order valence-electron chi connectivity index (χ1n) is 12.6. The number of carbonyl (C=O) groups is 2. The molecule has 1 atom stereocenters. The number of rotatable bonds is 10. The van der Waals surface area contributed by atoms with Crippen LogP contribution >= 0.6 is 0 Å². The molecule has 2 aromatic carbocycles. The fraction of sp³-hybridized carbons (Fsp3) is 0.517. The molecule has 0 N–H and O–H groups in total. The SMILES string of the molecule is CC(=O)C(Cc1ccccc1)(OCc1ccccc1)C(=O)OCCN1CCC2(CCCC2)CC1. The average molecular weight is 464 g/mol. The van der Waals surface area contributed by atoms with Gasteiger partial charge in [0.25, 0.3) is 0 Å². The van der Waals surface area contributed by atoms with Crippen molar-refractivity contribution in [1.29, 1.82) is 0 Å². The number of likely N-dealkylation sites (tertiary alicyclic amines) is 1. The summed E-state index contributed by atoms with van der Waals surface area (Å²) in [6.07, 6.45) is 8.12. The Morgan fingerprint density at radius 2 is 1.47 bits per heavy atom. The van der Waals surface area contributed by atoms with Crippen LogP contribution in [0.1, 0.15) is 56.6 Å². The first-order chi connectivity index (χ1) is 16.5. The van der Waals surface area contributed by atoms with Crippen LogP contribution < -0.4 is 0 Å². The molecule has 0 amide bonds. The summed E-state index contributed by atoms with van der Waals surface area (Å²) in [4.78, 5) is 28.7. The minimum Gasteiger partial charge on any atom is -0.462 e. The van der Waals surface area contributed by atoms with Crippen LogP contribution in [0.25, 0.3) is 0 Å². The van der Waals surface area contributed by atoms with Crippen LogP contribution in [0, 0.1) is 5.41 Å². The van der Waals surface area contributed by atoms with Crippen LogP contribution in [-0.4, -0.2) is 48.5 Å².